The third kappa shape index (κ3) is 4.68. The van der Waals surface area contributed by atoms with E-state index in [9.17, 15) is 9.18 Å². The van der Waals surface area contributed by atoms with Crippen molar-refractivity contribution in [2.45, 2.75) is 27.0 Å². The van der Waals surface area contributed by atoms with Crippen LogP contribution in [0.1, 0.15) is 33.3 Å². The Labute approximate surface area is 189 Å². The van der Waals surface area contributed by atoms with Crippen LogP contribution in [0.25, 0.3) is 0 Å². The largest absolute Gasteiger partial charge is 0.484 e. The van der Waals surface area contributed by atoms with E-state index in [0.29, 0.717) is 39.2 Å². The van der Waals surface area contributed by atoms with Gasteiger partial charge in [0.1, 0.15) is 23.9 Å². The maximum absolute atomic E-state index is 14.0. The lowest BCUT2D eigenvalue weighted by molar-refractivity contribution is 0.0992. The minimum atomic E-state index is -0.411. The van der Waals surface area contributed by atoms with Crippen molar-refractivity contribution >= 4 is 23.2 Å². The van der Waals surface area contributed by atoms with Crippen molar-refractivity contribution in [1.82, 2.24) is 9.78 Å². The van der Waals surface area contributed by atoms with E-state index in [1.807, 2.05) is 19.1 Å². The Morgan fingerprint density at radius 2 is 1.88 bits per heavy atom. The number of para-hydroxylation sites is 1. The van der Waals surface area contributed by atoms with Gasteiger partial charge in [-0.3, -0.25) is 9.48 Å². The van der Waals surface area contributed by atoms with Gasteiger partial charge in [-0.05, 0) is 44.2 Å². The number of amides is 1. The molecule has 0 saturated carbocycles. The standard InChI is InChI=1S/C24H21ClFN3O3/c1-15-23(16(2)29(28-15)13-17-7-3-5-9-20(17)26)27-24(30)22-12-11-18(32-22)14-31-21-10-6-4-8-19(21)25/h3-12H,13-14H2,1-2H3,(H,27,30). The Kier molecular flexibility index (Phi) is 6.28. The zero-order valence-electron chi connectivity index (χ0n) is 17.6. The average molecular weight is 454 g/mol. The zero-order chi connectivity index (χ0) is 22.7. The molecule has 8 heteroatoms. The van der Waals surface area contributed by atoms with Crippen molar-refractivity contribution < 1.29 is 18.3 Å². The highest BCUT2D eigenvalue weighted by Gasteiger charge is 2.18. The molecule has 164 valence electrons. The van der Waals surface area contributed by atoms with Gasteiger partial charge in [0.05, 0.1) is 28.6 Å². The molecule has 1 amide bonds. The maximum atomic E-state index is 14.0. The van der Waals surface area contributed by atoms with Crippen molar-refractivity contribution in [2.75, 3.05) is 5.32 Å². The van der Waals surface area contributed by atoms with E-state index < -0.39 is 5.91 Å². The second kappa shape index (κ2) is 9.28. The molecule has 4 rings (SSSR count). The SMILES string of the molecule is Cc1nn(Cc2ccccc2F)c(C)c1NC(=O)c1ccc(COc2ccccc2Cl)o1. The topological polar surface area (TPSA) is 69.3 Å². The molecule has 0 aliphatic rings. The number of rotatable bonds is 7. The number of hydrogen-bond donors (Lipinski definition) is 1. The number of nitrogens with zero attached hydrogens (tertiary/aromatic N) is 2. The van der Waals surface area contributed by atoms with Crippen LogP contribution in [0, 0.1) is 19.7 Å². The fourth-order valence-electron chi connectivity index (χ4n) is 3.28. The Morgan fingerprint density at radius 3 is 2.66 bits per heavy atom. The number of aryl methyl sites for hydroxylation is 1. The Bertz CT molecular complexity index is 1270. The van der Waals surface area contributed by atoms with Crippen LogP contribution in [0.15, 0.2) is 65.1 Å². The molecule has 6 nitrogen and oxygen atoms in total. The predicted molar refractivity (Wildman–Crippen MR) is 120 cm³/mol. The predicted octanol–water partition coefficient (Wildman–Crippen LogP) is 5.77. The van der Waals surface area contributed by atoms with Gasteiger partial charge in [-0.1, -0.05) is 41.9 Å². The molecule has 0 spiro atoms. The summed E-state index contributed by atoms with van der Waals surface area (Å²) in [5, 5.41) is 7.78. The van der Waals surface area contributed by atoms with Crippen LogP contribution in [-0.2, 0) is 13.2 Å². The lowest BCUT2D eigenvalue weighted by atomic mass is 10.2. The van der Waals surface area contributed by atoms with Crippen molar-refractivity contribution in [1.29, 1.82) is 0 Å². The minimum absolute atomic E-state index is 0.135. The van der Waals surface area contributed by atoms with Gasteiger partial charge in [0.25, 0.3) is 5.91 Å². The van der Waals surface area contributed by atoms with Gasteiger partial charge in [0, 0.05) is 5.56 Å². The Morgan fingerprint density at radius 1 is 1.12 bits per heavy atom. The fraction of sp³-hybridized carbons (Fsp3) is 0.167. The highest BCUT2D eigenvalue weighted by molar-refractivity contribution is 6.32. The molecule has 32 heavy (non-hydrogen) atoms. The third-order valence-corrected chi connectivity index (χ3v) is 5.30. The number of halogens is 2. The molecule has 2 heterocycles. The van der Waals surface area contributed by atoms with Crippen LogP contribution >= 0.6 is 11.6 Å². The highest BCUT2D eigenvalue weighted by Crippen LogP contribution is 2.25. The van der Waals surface area contributed by atoms with E-state index in [-0.39, 0.29) is 24.7 Å². The number of hydrogen-bond acceptors (Lipinski definition) is 4. The summed E-state index contributed by atoms with van der Waals surface area (Å²) in [6.45, 7) is 4.00. The van der Waals surface area contributed by atoms with Gasteiger partial charge >= 0.3 is 0 Å². The number of benzene rings is 2. The van der Waals surface area contributed by atoms with Crippen LogP contribution in [0.5, 0.6) is 5.75 Å². The molecule has 0 bridgehead atoms. The summed E-state index contributed by atoms with van der Waals surface area (Å²) < 4.78 is 26.9. The van der Waals surface area contributed by atoms with Crippen molar-refractivity contribution in [3.05, 3.63) is 100.0 Å². The second-order valence-corrected chi connectivity index (χ2v) is 7.64. The quantitative estimate of drug-likeness (QED) is 0.386. The van der Waals surface area contributed by atoms with E-state index in [1.54, 1.807) is 54.1 Å². The number of ether oxygens (including phenoxy) is 1. The molecule has 0 unspecified atom stereocenters. The molecule has 0 aliphatic carbocycles. The van der Waals surface area contributed by atoms with Gasteiger partial charge in [-0.15, -0.1) is 0 Å². The highest BCUT2D eigenvalue weighted by atomic mass is 35.5. The minimum Gasteiger partial charge on any atom is -0.484 e. The number of nitrogens with one attached hydrogen (secondary N) is 1. The van der Waals surface area contributed by atoms with Crippen LogP contribution < -0.4 is 10.1 Å². The molecule has 2 aromatic heterocycles. The van der Waals surface area contributed by atoms with E-state index in [4.69, 9.17) is 20.8 Å². The van der Waals surface area contributed by atoms with Crippen LogP contribution in [0.3, 0.4) is 0 Å². The molecule has 1 N–H and O–H groups in total. The smallest absolute Gasteiger partial charge is 0.291 e. The summed E-state index contributed by atoms with van der Waals surface area (Å²) in [5.74, 6) is 0.450. The second-order valence-electron chi connectivity index (χ2n) is 7.23. The molecule has 0 aliphatic heterocycles. The van der Waals surface area contributed by atoms with Crippen molar-refractivity contribution in [3.63, 3.8) is 0 Å². The molecular formula is C24H21ClFN3O3. The summed E-state index contributed by atoms with van der Waals surface area (Å²) in [6, 6.07) is 16.9. The van der Waals surface area contributed by atoms with E-state index in [1.165, 1.54) is 6.07 Å². The molecular weight excluding hydrogens is 433 g/mol. The zero-order valence-corrected chi connectivity index (χ0v) is 18.3. The number of carbonyl (C=O) groups is 1. The average Bonchev–Trinajstić information content (AvgIpc) is 3.35. The van der Waals surface area contributed by atoms with E-state index >= 15 is 0 Å². The summed E-state index contributed by atoms with van der Waals surface area (Å²) in [4.78, 5) is 12.7. The number of furan rings is 1. The first-order chi connectivity index (χ1) is 15.4. The monoisotopic (exact) mass is 453 g/mol. The normalized spacial score (nSPS) is 10.9. The Balaban J connectivity index is 1.44. The fourth-order valence-corrected chi connectivity index (χ4v) is 3.47. The van der Waals surface area contributed by atoms with Gasteiger partial charge in [0.2, 0.25) is 0 Å². The molecule has 4 aromatic rings. The number of carbonyl (C=O) groups excluding carboxylic acids is 1. The van der Waals surface area contributed by atoms with Gasteiger partial charge in [0.15, 0.2) is 5.76 Å². The first-order valence-electron chi connectivity index (χ1n) is 9.97. The van der Waals surface area contributed by atoms with Crippen LogP contribution in [0.2, 0.25) is 5.02 Å². The van der Waals surface area contributed by atoms with E-state index in [0.717, 1.165) is 0 Å². The van der Waals surface area contributed by atoms with Gasteiger partial charge < -0.3 is 14.5 Å². The van der Waals surface area contributed by atoms with Crippen LogP contribution in [-0.4, -0.2) is 15.7 Å². The summed E-state index contributed by atoms with van der Waals surface area (Å²) in [7, 11) is 0. The van der Waals surface area contributed by atoms with Gasteiger partial charge in [-0.25, -0.2) is 4.39 Å². The molecule has 2 aromatic carbocycles. The summed E-state index contributed by atoms with van der Waals surface area (Å²) in [5.41, 5.74) is 2.43. The third-order valence-electron chi connectivity index (χ3n) is 4.99. The van der Waals surface area contributed by atoms with Crippen molar-refractivity contribution in [3.8, 4) is 5.75 Å². The van der Waals surface area contributed by atoms with Gasteiger partial charge in [-0.2, -0.15) is 5.10 Å². The Hall–Kier alpha value is -3.58. The first-order valence-corrected chi connectivity index (χ1v) is 10.3. The molecule has 0 saturated heterocycles. The number of aromatic nitrogens is 2. The first kappa shape index (κ1) is 21.6. The van der Waals surface area contributed by atoms with E-state index in [2.05, 4.69) is 10.4 Å². The number of anilines is 1. The maximum Gasteiger partial charge on any atom is 0.291 e. The molecule has 0 radical (unpaired) electrons. The lowest BCUT2D eigenvalue weighted by Gasteiger charge is -2.07. The van der Waals surface area contributed by atoms with Crippen molar-refractivity contribution in [2.24, 2.45) is 0 Å². The summed E-state index contributed by atoms with van der Waals surface area (Å²) >= 11 is 6.08. The molecule has 0 fully saturated rings. The lowest BCUT2D eigenvalue weighted by Crippen LogP contribution is -2.12. The summed E-state index contributed by atoms with van der Waals surface area (Å²) in [6.07, 6.45) is 0. The molecule has 0 atom stereocenters. The van der Waals surface area contributed by atoms with Crippen LogP contribution in [0.4, 0.5) is 10.1 Å².